The number of nitrogens with zero attached hydrogens (tertiary/aromatic N) is 7. The lowest BCUT2D eigenvalue weighted by molar-refractivity contribution is -0.145. The Hall–Kier alpha value is -5.27. The van der Waals surface area contributed by atoms with E-state index in [0.29, 0.717) is 40.8 Å². The molecule has 0 radical (unpaired) electrons. The van der Waals surface area contributed by atoms with Crippen LogP contribution in [0.3, 0.4) is 0 Å². The number of β-amino-alcohol motifs (C(OH)–C–C–N with tert-alkyl or cyclic N) is 1. The summed E-state index contributed by atoms with van der Waals surface area (Å²) in [7, 11) is 0. The van der Waals surface area contributed by atoms with Crippen molar-refractivity contribution >= 4 is 29.2 Å². The molecule has 2 saturated carbocycles. The summed E-state index contributed by atoms with van der Waals surface area (Å²) in [4.78, 5) is 53.9. The first-order valence-electron chi connectivity index (χ1n) is 26.2. The lowest BCUT2D eigenvalue weighted by Crippen LogP contribution is -2.61. The van der Waals surface area contributed by atoms with Gasteiger partial charge in [-0.15, -0.1) is 16.6 Å². The van der Waals surface area contributed by atoms with E-state index in [4.69, 9.17) is 6.42 Å². The molecule has 15 heteroatoms. The maximum Gasteiger partial charge on any atom is 0.246 e. The van der Waals surface area contributed by atoms with Gasteiger partial charge in [-0.25, -0.2) is 0 Å². The molecule has 70 heavy (non-hydrogen) atoms. The zero-order chi connectivity index (χ0) is 48.7. The normalized spacial score (nSPS) is 28.5. The van der Waals surface area contributed by atoms with Crippen LogP contribution in [-0.4, -0.2) is 159 Å². The van der Waals surface area contributed by atoms with Gasteiger partial charge in [0, 0.05) is 80.9 Å². The van der Waals surface area contributed by atoms with Gasteiger partial charge in [-0.05, 0) is 137 Å². The molecule has 6 heterocycles. The summed E-state index contributed by atoms with van der Waals surface area (Å²) in [6, 6.07) is 17.4. The minimum atomic E-state index is -0.824. The number of amides is 3. The first kappa shape index (κ1) is 48.4. The largest absolute Gasteiger partial charge is 0.507 e. The molecule has 7 aliphatic rings. The molecular formula is C55H74N10O5. The van der Waals surface area contributed by atoms with Gasteiger partial charge in [0.25, 0.3) is 0 Å². The van der Waals surface area contributed by atoms with E-state index in [2.05, 4.69) is 57.7 Å². The SMILES string of the molecule is C#Cc1ccc(CNC(=O)[C@@H]2C[C@@H](O)CN2C(=O)[C@@H](NC(=O)C2CCC3(CC2)CC(N2CCC(N4CCC(N5CCN6c7cc(-c8ccccc8O)nnc7NC[C@H]6C5)CC4)CC2)C3)C(C)(C)C)cc1. The number of aliphatic hydroxyl groups is 1. The number of para-hydroxylation sites is 1. The molecule has 3 aromatic rings. The summed E-state index contributed by atoms with van der Waals surface area (Å²) in [6.45, 7) is 14.8. The number of carbonyl (C=O) groups excluding carboxylic acids is 3. The lowest BCUT2D eigenvalue weighted by atomic mass is 9.56. The lowest BCUT2D eigenvalue weighted by Gasteiger charge is -2.56. The van der Waals surface area contributed by atoms with Crippen molar-refractivity contribution in [3.8, 4) is 29.4 Å². The number of piperazine rings is 1. The predicted molar refractivity (Wildman–Crippen MR) is 271 cm³/mol. The molecule has 10 rings (SSSR count). The standard InChI is InChI=1S/C55H74N10O5/c1-5-36-10-12-37(13-11-36)32-57-52(69)47-28-43(66)35-65(47)53(70)49(54(2,3)4)58-51(68)38-14-20-55(21-15-38)30-41(31-55)62-24-16-39(17-25-62)61-22-18-40(19-23-61)63-26-27-64-42(34-63)33-56-50-46(64)29-45(59-60-50)44-8-6-7-9-48(44)67/h1,6-13,29,38-43,47,49,66-67H,14-28,30-35H2,2-4H3,(H,56,60)(H,57,69)(H,58,68)/t38?,41?,42-,43+,47-,49+,55?/m0/s1. The van der Waals surface area contributed by atoms with Crippen molar-refractivity contribution in [1.29, 1.82) is 0 Å². The molecule has 1 aromatic heterocycles. The molecule has 15 nitrogen and oxygen atoms in total. The number of aliphatic hydroxyl groups excluding tert-OH is 1. The van der Waals surface area contributed by atoms with Crippen LogP contribution in [0.4, 0.5) is 11.5 Å². The molecular weight excluding hydrogens is 881 g/mol. The van der Waals surface area contributed by atoms with Crippen LogP contribution in [0.2, 0.25) is 0 Å². The van der Waals surface area contributed by atoms with E-state index in [0.717, 1.165) is 74.5 Å². The van der Waals surface area contributed by atoms with Crippen LogP contribution >= 0.6 is 0 Å². The van der Waals surface area contributed by atoms with Gasteiger partial charge in [0.1, 0.15) is 17.8 Å². The van der Waals surface area contributed by atoms with Crippen molar-refractivity contribution in [2.75, 3.05) is 69.1 Å². The number of hydrogen-bond acceptors (Lipinski definition) is 12. The minimum absolute atomic E-state index is 0.0528. The van der Waals surface area contributed by atoms with Crippen molar-refractivity contribution in [3.05, 3.63) is 65.7 Å². The van der Waals surface area contributed by atoms with Gasteiger partial charge >= 0.3 is 0 Å². The second kappa shape index (κ2) is 20.1. The van der Waals surface area contributed by atoms with E-state index >= 15 is 0 Å². The number of carbonyl (C=O) groups is 3. The van der Waals surface area contributed by atoms with Crippen LogP contribution in [0, 0.1) is 29.1 Å². The number of aromatic hydroxyl groups is 1. The second-order valence-electron chi connectivity index (χ2n) is 22.8. The number of fused-ring (bicyclic) bond motifs is 3. The molecule has 6 fully saturated rings. The number of benzene rings is 2. The van der Waals surface area contributed by atoms with Gasteiger partial charge in [-0.2, -0.15) is 0 Å². The summed E-state index contributed by atoms with van der Waals surface area (Å²) < 4.78 is 0. The van der Waals surface area contributed by atoms with Crippen LogP contribution in [0.25, 0.3) is 11.3 Å². The molecule has 0 bridgehead atoms. The molecule has 4 saturated heterocycles. The first-order valence-corrected chi connectivity index (χ1v) is 26.2. The molecule has 4 atom stereocenters. The Balaban J connectivity index is 0.644. The topological polar surface area (TPSA) is 170 Å². The Labute approximate surface area is 414 Å². The predicted octanol–water partition coefficient (Wildman–Crippen LogP) is 4.82. The number of phenolic OH excluding ortho intramolecular Hbond substituents is 1. The number of piperidine rings is 2. The molecule has 0 unspecified atom stereocenters. The zero-order valence-corrected chi connectivity index (χ0v) is 41.5. The number of terminal acetylenes is 1. The van der Waals surface area contributed by atoms with Crippen molar-refractivity contribution in [2.45, 2.75) is 140 Å². The smallest absolute Gasteiger partial charge is 0.246 e. The Kier molecular flexibility index (Phi) is 13.9. The number of phenols is 1. The number of aromatic nitrogens is 2. The quantitative estimate of drug-likeness (QED) is 0.176. The van der Waals surface area contributed by atoms with Crippen molar-refractivity contribution in [3.63, 3.8) is 0 Å². The van der Waals surface area contributed by atoms with Crippen LogP contribution in [0.5, 0.6) is 5.75 Å². The third-order valence-corrected chi connectivity index (χ3v) is 17.4. The van der Waals surface area contributed by atoms with Crippen molar-refractivity contribution in [1.82, 2.24) is 40.4 Å². The van der Waals surface area contributed by atoms with Crippen LogP contribution in [0.15, 0.2) is 54.6 Å². The molecule has 1 spiro atoms. The zero-order valence-electron chi connectivity index (χ0n) is 41.5. The Morgan fingerprint density at radius 3 is 2.17 bits per heavy atom. The maximum absolute atomic E-state index is 14.2. The van der Waals surface area contributed by atoms with E-state index in [-0.39, 0.29) is 48.9 Å². The number of hydrogen-bond donors (Lipinski definition) is 5. The number of nitrogens with one attached hydrogen (secondary N) is 3. The van der Waals surface area contributed by atoms with Crippen molar-refractivity contribution < 1.29 is 24.6 Å². The summed E-state index contributed by atoms with van der Waals surface area (Å²) >= 11 is 0. The van der Waals surface area contributed by atoms with Gasteiger partial charge < -0.3 is 45.8 Å². The highest BCUT2D eigenvalue weighted by Gasteiger charge is 2.50. The maximum atomic E-state index is 14.2. The molecule has 5 aliphatic heterocycles. The fraction of sp³-hybridized carbons (Fsp3) is 0.618. The molecule has 2 aliphatic carbocycles. The number of likely N-dealkylation sites (tertiary alicyclic amines) is 3. The van der Waals surface area contributed by atoms with Crippen LogP contribution in [-0.2, 0) is 20.9 Å². The molecule has 374 valence electrons. The fourth-order valence-corrected chi connectivity index (χ4v) is 13.2. The number of rotatable bonds is 10. The van der Waals surface area contributed by atoms with E-state index in [1.807, 2.05) is 63.2 Å². The highest BCUT2D eigenvalue weighted by molar-refractivity contribution is 5.93. The molecule has 5 N–H and O–H groups in total. The number of anilines is 2. The summed E-state index contributed by atoms with van der Waals surface area (Å²) in [6.07, 6.45) is 15.9. The monoisotopic (exact) mass is 955 g/mol. The third-order valence-electron chi connectivity index (χ3n) is 17.4. The van der Waals surface area contributed by atoms with E-state index in [9.17, 15) is 24.6 Å². The van der Waals surface area contributed by atoms with Crippen molar-refractivity contribution in [2.24, 2.45) is 16.7 Å². The Morgan fingerprint density at radius 1 is 0.829 bits per heavy atom. The second-order valence-corrected chi connectivity index (χ2v) is 22.8. The Morgan fingerprint density at radius 2 is 1.50 bits per heavy atom. The van der Waals surface area contributed by atoms with Gasteiger partial charge in [-0.3, -0.25) is 19.3 Å². The van der Waals surface area contributed by atoms with Gasteiger partial charge in [0.05, 0.1) is 23.5 Å². The van der Waals surface area contributed by atoms with E-state index in [1.54, 1.807) is 6.07 Å². The van der Waals surface area contributed by atoms with Crippen LogP contribution in [0.1, 0.15) is 103 Å². The van der Waals surface area contributed by atoms with E-state index < -0.39 is 23.6 Å². The van der Waals surface area contributed by atoms with Crippen LogP contribution < -0.4 is 20.9 Å². The van der Waals surface area contributed by atoms with Gasteiger partial charge in [-0.1, -0.05) is 51.0 Å². The Bertz CT molecular complexity index is 2400. The average Bonchev–Trinajstić information content (AvgIpc) is 3.77. The van der Waals surface area contributed by atoms with Gasteiger partial charge in [0.15, 0.2) is 5.82 Å². The third kappa shape index (κ3) is 10.1. The highest BCUT2D eigenvalue weighted by atomic mass is 16.3. The first-order chi connectivity index (χ1) is 33.7. The van der Waals surface area contributed by atoms with Gasteiger partial charge in [0.2, 0.25) is 17.7 Å². The molecule has 3 amide bonds. The molecule has 2 aromatic carbocycles. The van der Waals surface area contributed by atoms with E-state index in [1.165, 1.54) is 69.6 Å². The summed E-state index contributed by atoms with van der Waals surface area (Å²) in [5.74, 6) is 2.78. The average molecular weight is 955 g/mol. The summed E-state index contributed by atoms with van der Waals surface area (Å²) in [5.41, 5.74) is 3.85. The highest BCUT2D eigenvalue weighted by Crippen LogP contribution is 2.55. The fourth-order valence-electron chi connectivity index (χ4n) is 13.2. The summed E-state index contributed by atoms with van der Waals surface area (Å²) in [5, 5.41) is 39.7. The minimum Gasteiger partial charge on any atom is -0.507 e.